The highest BCUT2D eigenvalue weighted by Gasteiger charge is 2.31. The zero-order valence-corrected chi connectivity index (χ0v) is 19.8. The molecule has 0 unspecified atom stereocenters. The summed E-state index contributed by atoms with van der Waals surface area (Å²) in [7, 11) is 0. The predicted octanol–water partition coefficient (Wildman–Crippen LogP) is 3.95. The maximum atomic E-state index is 13.8. The zero-order chi connectivity index (χ0) is 22.7. The van der Waals surface area contributed by atoms with Gasteiger partial charge in [0.2, 0.25) is 0 Å². The summed E-state index contributed by atoms with van der Waals surface area (Å²) in [4.78, 5) is 19.7. The molecular formula is C25H31N3O3S. The molecule has 7 heteroatoms. The van der Waals surface area contributed by atoms with Gasteiger partial charge in [-0.15, -0.1) is 11.8 Å². The summed E-state index contributed by atoms with van der Waals surface area (Å²) >= 11 is 1.69. The first-order chi connectivity index (χ1) is 15.5. The van der Waals surface area contributed by atoms with Crippen LogP contribution in [-0.4, -0.2) is 58.5 Å². The Morgan fingerprint density at radius 1 is 1.12 bits per heavy atom. The average molecular weight is 454 g/mol. The molecular weight excluding hydrogens is 422 g/mol. The number of hydrogen-bond donors (Lipinski definition) is 1. The molecule has 0 spiro atoms. The number of aromatic nitrogens is 1. The number of piperazine rings is 1. The Hall–Kier alpha value is -2.48. The van der Waals surface area contributed by atoms with E-state index in [4.69, 9.17) is 4.42 Å². The number of furan rings is 1. The molecule has 4 rings (SSSR count). The van der Waals surface area contributed by atoms with Gasteiger partial charge in [-0.2, -0.15) is 0 Å². The number of hydrogen-bond acceptors (Lipinski definition) is 6. The number of rotatable bonds is 7. The fourth-order valence-electron chi connectivity index (χ4n) is 4.46. The first-order valence-corrected chi connectivity index (χ1v) is 12.3. The van der Waals surface area contributed by atoms with Gasteiger partial charge in [0.1, 0.15) is 11.5 Å². The van der Waals surface area contributed by atoms with Crippen LogP contribution in [0.1, 0.15) is 35.5 Å². The molecule has 0 saturated carbocycles. The second-order valence-electron chi connectivity index (χ2n) is 8.20. The Balaban J connectivity index is 1.80. The molecule has 6 nitrogen and oxygen atoms in total. The third-order valence-electron chi connectivity index (χ3n) is 6.34. The van der Waals surface area contributed by atoms with Gasteiger partial charge in [-0.1, -0.05) is 19.1 Å². The average Bonchev–Trinajstić information content (AvgIpc) is 3.33. The van der Waals surface area contributed by atoms with Crippen molar-refractivity contribution in [2.45, 2.75) is 31.3 Å². The summed E-state index contributed by atoms with van der Waals surface area (Å²) in [6, 6.07) is 13.4. The number of aromatic hydroxyl groups is 1. The molecule has 1 saturated heterocycles. The van der Waals surface area contributed by atoms with Crippen LogP contribution in [0.5, 0.6) is 5.75 Å². The van der Waals surface area contributed by atoms with Crippen LogP contribution in [0, 0.1) is 6.92 Å². The number of aryl methyl sites for hydroxylation is 1. The second kappa shape index (κ2) is 9.98. The summed E-state index contributed by atoms with van der Waals surface area (Å²) < 4.78 is 7.18. The number of pyridine rings is 1. The van der Waals surface area contributed by atoms with E-state index in [0.29, 0.717) is 23.6 Å². The summed E-state index contributed by atoms with van der Waals surface area (Å²) in [6.07, 6.45) is 3.66. The minimum atomic E-state index is -0.305. The summed E-state index contributed by atoms with van der Waals surface area (Å²) in [5, 5.41) is 11.0. The van der Waals surface area contributed by atoms with Crippen molar-refractivity contribution < 1.29 is 9.52 Å². The molecule has 0 bridgehead atoms. The summed E-state index contributed by atoms with van der Waals surface area (Å²) in [5.41, 5.74) is 1.99. The van der Waals surface area contributed by atoms with Gasteiger partial charge in [0, 0.05) is 36.8 Å². The van der Waals surface area contributed by atoms with Gasteiger partial charge in [0.25, 0.3) is 5.56 Å². The number of nitrogens with zero attached hydrogens (tertiary/aromatic N) is 3. The lowest BCUT2D eigenvalue weighted by Crippen LogP contribution is -2.48. The standard InChI is InChI=1S/C25H31N3O3S/c1-4-26-11-13-27(14-12-26)24(19-7-9-21(32-3)10-8-19)23-22(29)16-18(2)28(25(23)30)17-20-6-5-15-31-20/h5-10,15-16,24,29H,4,11-14,17H2,1-3H3/t24-/m0/s1. The first kappa shape index (κ1) is 22.7. The van der Waals surface area contributed by atoms with Crippen molar-refractivity contribution >= 4 is 11.8 Å². The van der Waals surface area contributed by atoms with E-state index in [2.05, 4.69) is 47.2 Å². The summed E-state index contributed by atoms with van der Waals surface area (Å²) in [5.74, 6) is 0.768. The molecule has 32 heavy (non-hydrogen) atoms. The predicted molar refractivity (Wildman–Crippen MR) is 129 cm³/mol. The van der Waals surface area contributed by atoms with Crippen LogP contribution in [-0.2, 0) is 6.54 Å². The topological polar surface area (TPSA) is 61.9 Å². The zero-order valence-electron chi connectivity index (χ0n) is 19.0. The molecule has 1 fully saturated rings. The van der Waals surface area contributed by atoms with Gasteiger partial charge >= 0.3 is 0 Å². The molecule has 3 aromatic rings. The van der Waals surface area contributed by atoms with Crippen LogP contribution >= 0.6 is 11.8 Å². The van der Waals surface area contributed by atoms with E-state index in [9.17, 15) is 9.90 Å². The number of thioether (sulfide) groups is 1. The highest BCUT2D eigenvalue weighted by molar-refractivity contribution is 7.98. The van der Waals surface area contributed by atoms with Crippen LogP contribution in [0.3, 0.4) is 0 Å². The lowest BCUT2D eigenvalue weighted by atomic mass is 9.96. The minimum Gasteiger partial charge on any atom is -0.507 e. The molecule has 0 radical (unpaired) electrons. The van der Waals surface area contributed by atoms with E-state index in [1.165, 1.54) is 4.90 Å². The molecule has 170 valence electrons. The van der Waals surface area contributed by atoms with E-state index in [0.717, 1.165) is 38.3 Å². The van der Waals surface area contributed by atoms with Gasteiger partial charge in [-0.05, 0) is 55.6 Å². The van der Waals surface area contributed by atoms with Crippen LogP contribution in [0.15, 0.2) is 62.8 Å². The lowest BCUT2D eigenvalue weighted by molar-refractivity contribution is 0.111. The molecule has 0 aliphatic carbocycles. The van der Waals surface area contributed by atoms with Crippen molar-refractivity contribution in [1.29, 1.82) is 0 Å². The van der Waals surface area contributed by atoms with Crippen molar-refractivity contribution in [3.63, 3.8) is 0 Å². The van der Waals surface area contributed by atoms with E-state index < -0.39 is 0 Å². The molecule has 1 N–H and O–H groups in total. The monoisotopic (exact) mass is 453 g/mol. The Morgan fingerprint density at radius 3 is 2.44 bits per heavy atom. The quantitative estimate of drug-likeness (QED) is 0.547. The van der Waals surface area contributed by atoms with Crippen molar-refractivity contribution in [3.05, 3.63) is 81.7 Å². The van der Waals surface area contributed by atoms with Crippen molar-refractivity contribution in [3.8, 4) is 5.75 Å². The lowest BCUT2D eigenvalue weighted by Gasteiger charge is -2.39. The second-order valence-corrected chi connectivity index (χ2v) is 9.08. The normalized spacial score (nSPS) is 16.3. The maximum absolute atomic E-state index is 13.8. The van der Waals surface area contributed by atoms with Crippen LogP contribution in [0.25, 0.3) is 0 Å². The number of likely N-dealkylation sites (N-methyl/N-ethyl adjacent to an activating group) is 1. The van der Waals surface area contributed by atoms with Gasteiger partial charge in [-0.3, -0.25) is 9.69 Å². The molecule has 1 aliphatic rings. The molecule has 1 aliphatic heterocycles. The largest absolute Gasteiger partial charge is 0.507 e. The third-order valence-corrected chi connectivity index (χ3v) is 7.08. The van der Waals surface area contributed by atoms with Crippen LogP contribution < -0.4 is 5.56 Å². The van der Waals surface area contributed by atoms with Crippen molar-refractivity contribution in [2.24, 2.45) is 0 Å². The molecule has 3 heterocycles. The fourth-order valence-corrected chi connectivity index (χ4v) is 4.87. The molecule has 2 aromatic heterocycles. The van der Waals surface area contributed by atoms with Crippen molar-refractivity contribution in [2.75, 3.05) is 39.0 Å². The van der Waals surface area contributed by atoms with Crippen molar-refractivity contribution in [1.82, 2.24) is 14.4 Å². The Kier molecular flexibility index (Phi) is 7.08. The molecule has 1 aromatic carbocycles. The van der Waals surface area contributed by atoms with Crippen LogP contribution in [0.4, 0.5) is 0 Å². The fraction of sp³-hybridized carbons (Fsp3) is 0.400. The smallest absolute Gasteiger partial charge is 0.260 e. The minimum absolute atomic E-state index is 0.0556. The maximum Gasteiger partial charge on any atom is 0.260 e. The molecule has 1 atom stereocenters. The van der Waals surface area contributed by atoms with E-state index in [1.54, 1.807) is 28.7 Å². The van der Waals surface area contributed by atoms with Gasteiger partial charge in [0.15, 0.2) is 0 Å². The molecule has 0 amide bonds. The van der Waals surface area contributed by atoms with E-state index in [1.807, 2.05) is 19.1 Å². The highest BCUT2D eigenvalue weighted by atomic mass is 32.2. The Labute approximate surface area is 193 Å². The SMILES string of the molecule is CCN1CCN([C@@H](c2ccc(SC)cc2)c2c(O)cc(C)n(Cc3ccco3)c2=O)CC1. The highest BCUT2D eigenvalue weighted by Crippen LogP contribution is 2.34. The van der Waals surface area contributed by atoms with Gasteiger partial charge in [0.05, 0.1) is 24.4 Å². The third kappa shape index (κ3) is 4.65. The van der Waals surface area contributed by atoms with Gasteiger partial charge in [-0.25, -0.2) is 0 Å². The first-order valence-electron chi connectivity index (χ1n) is 11.1. The summed E-state index contributed by atoms with van der Waals surface area (Å²) in [6.45, 7) is 8.95. The van der Waals surface area contributed by atoms with E-state index >= 15 is 0 Å². The Morgan fingerprint density at radius 2 is 1.84 bits per heavy atom. The Bertz CT molecular complexity index is 1080. The number of benzene rings is 1. The van der Waals surface area contributed by atoms with Gasteiger partial charge < -0.3 is 19.0 Å². The van der Waals surface area contributed by atoms with Crippen LogP contribution in [0.2, 0.25) is 0 Å². The van der Waals surface area contributed by atoms with E-state index in [-0.39, 0.29) is 17.4 Å².